The summed E-state index contributed by atoms with van der Waals surface area (Å²) in [5.41, 5.74) is 9.13. The summed E-state index contributed by atoms with van der Waals surface area (Å²) in [4.78, 5) is 52.3. The SMILES string of the molecule is CCCCCCCCCCCCC(CCCCCCCCCC)CN1C(=O)C2=C(c3cc(CCCCCC)c(-c4ccc(-c5sccc5CCCCCC)s4)s3)N(CC(CCCCCCCCCC)CCCCCCCCCCCC)C(=O)C2=C1c1cc(CCCCCC)c(-c2ccc(-c3sccc3CCCCCC)s2)s1. The van der Waals surface area contributed by atoms with Crippen molar-refractivity contribution < 1.29 is 9.59 Å². The van der Waals surface area contributed by atoms with Crippen molar-refractivity contribution >= 4 is 91.2 Å². The maximum atomic E-state index is 17.3. The van der Waals surface area contributed by atoms with E-state index in [2.05, 4.69) is 124 Å². The third-order valence-electron chi connectivity index (χ3n) is 24.8. The molecule has 0 bridgehead atoms. The van der Waals surface area contributed by atoms with Gasteiger partial charge in [0.25, 0.3) is 11.8 Å². The van der Waals surface area contributed by atoms with Crippen LogP contribution in [0.5, 0.6) is 0 Å². The Morgan fingerprint density at radius 2 is 0.482 bits per heavy atom. The number of aryl methyl sites for hydroxylation is 4. The van der Waals surface area contributed by atoms with Crippen LogP contribution in [0.15, 0.2) is 70.4 Å². The van der Waals surface area contributed by atoms with E-state index in [9.17, 15) is 0 Å². The van der Waals surface area contributed by atoms with Gasteiger partial charge in [0.05, 0.1) is 32.3 Å². The number of hydrogen-bond acceptors (Lipinski definition) is 8. The summed E-state index contributed by atoms with van der Waals surface area (Å²) >= 11 is 11.6. The fourth-order valence-electron chi connectivity index (χ4n) is 17.9. The van der Waals surface area contributed by atoms with Crippen LogP contribution in [-0.4, -0.2) is 34.7 Å². The monoisotopic (exact) mass is 1640 g/mol. The standard InChI is InChI=1S/C102H160N2O2S6/c1-9-17-25-33-37-41-43-47-51-55-63-81(61-53-49-45-39-35-27-19-11-3)79-103-95(91-77-85(67-59-31-23-15-7)99(111-91)89-71-69-87(109-89)97-83(73-75-107-97)65-57-29-21-13-5)93-94(101(103)105)96(104(102(93)106)80-82(62-54-50-46-40-36-28-20-12-4)64-56-52-48-44-42-38-34-26-18-10-2)92-78-86(68-60-32-24-16-8)100(112-92)90-72-70-88(110-90)98-84(74-76-108-98)66-58-30-22-14-6/h69-78,81-82H,9-68,79-80H2,1-8H3. The van der Waals surface area contributed by atoms with Crippen molar-refractivity contribution in [2.75, 3.05) is 13.1 Å². The number of carbonyl (C=O) groups is 2. The number of thiophene rings is 6. The minimum atomic E-state index is 0.0956. The molecule has 6 aromatic heterocycles. The molecule has 0 aromatic carbocycles. The van der Waals surface area contributed by atoms with E-state index in [-0.39, 0.29) is 11.8 Å². The first-order valence-corrected chi connectivity index (χ1v) is 53.0. The number of amides is 2. The van der Waals surface area contributed by atoms with Crippen molar-refractivity contribution in [1.29, 1.82) is 0 Å². The van der Waals surface area contributed by atoms with Gasteiger partial charge in [-0.3, -0.25) is 9.59 Å². The normalized spacial score (nSPS) is 13.8. The van der Waals surface area contributed by atoms with Crippen molar-refractivity contribution in [3.63, 3.8) is 0 Å². The lowest BCUT2D eigenvalue weighted by molar-refractivity contribution is -0.124. The third-order valence-corrected chi connectivity index (χ3v) is 32.0. The summed E-state index contributed by atoms with van der Waals surface area (Å²) in [6, 6.07) is 19.5. The smallest absolute Gasteiger partial charge is 0.261 e. The molecule has 2 aliphatic rings. The zero-order valence-electron chi connectivity index (χ0n) is 72.9. The fraction of sp³-hybridized carbons (Fsp3) is 0.706. The number of unbranched alkanes of at least 4 members (excludes halogenated alkanes) is 44. The quantitative estimate of drug-likeness (QED) is 0.0357. The molecular weight excluding hydrogens is 1480 g/mol. The topological polar surface area (TPSA) is 40.6 Å². The van der Waals surface area contributed by atoms with E-state index in [1.54, 1.807) is 0 Å². The fourth-order valence-corrected chi connectivity index (χ4v) is 25.0. The van der Waals surface area contributed by atoms with Gasteiger partial charge < -0.3 is 9.80 Å². The van der Waals surface area contributed by atoms with E-state index in [0.29, 0.717) is 24.9 Å². The zero-order valence-corrected chi connectivity index (χ0v) is 77.8. The molecular formula is C102H160N2O2S6. The van der Waals surface area contributed by atoms with Gasteiger partial charge in [-0.25, -0.2) is 0 Å². The van der Waals surface area contributed by atoms with Crippen molar-refractivity contribution in [1.82, 2.24) is 9.80 Å². The molecule has 0 saturated heterocycles. The average Bonchev–Trinajstić information content (AvgIpc) is 1.55. The van der Waals surface area contributed by atoms with Gasteiger partial charge in [0.15, 0.2) is 0 Å². The summed E-state index contributed by atoms with van der Waals surface area (Å²) in [6.45, 7) is 20.0. The van der Waals surface area contributed by atoms with Crippen molar-refractivity contribution in [2.45, 2.75) is 441 Å². The Balaban J connectivity index is 1.29. The molecule has 8 heterocycles. The van der Waals surface area contributed by atoms with Crippen LogP contribution in [0, 0.1) is 11.8 Å². The number of fused-ring (bicyclic) bond motifs is 1. The molecule has 2 unspecified atom stereocenters. The van der Waals surface area contributed by atoms with Crippen LogP contribution in [-0.2, 0) is 35.3 Å². The van der Waals surface area contributed by atoms with E-state index in [0.717, 1.165) is 96.5 Å². The third kappa shape index (κ3) is 31.4. The largest absolute Gasteiger partial charge is 0.306 e. The first-order valence-electron chi connectivity index (χ1n) is 47.9. The second-order valence-corrected chi connectivity index (χ2v) is 40.6. The minimum Gasteiger partial charge on any atom is -0.306 e. The number of nitrogens with zero attached hydrogens (tertiary/aromatic N) is 2. The maximum absolute atomic E-state index is 17.3. The number of hydrogen-bond donors (Lipinski definition) is 0. The van der Waals surface area contributed by atoms with E-state index < -0.39 is 0 Å². The molecule has 8 rings (SSSR count). The molecule has 626 valence electrons. The van der Waals surface area contributed by atoms with E-state index in [4.69, 9.17) is 0 Å². The van der Waals surface area contributed by atoms with Crippen LogP contribution in [0.2, 0.25) is 0 Å². The molecule has 0 spiro atoms. The van der Waals surface area contributed by atoms with E-state index in [1.165, 1.54) is 382 Å². The molecule has 2 aliphatic heterocycles. The molecule has 2 amide bonds. The molecule has 0 aliphatic carbocycles. The van der Waals surface area contributed by atoms with Crippen molar-refractivity contribution in [3.05, 3.63) is 102 Å². The highest BCUT2D eigenvalue weighted by molar-refractivity contribution is 7.27. The Morgan fingerprint density at radius 1 is 0.250 bits per heavy atom. The van der Waals surface area contributed by atoms with Gasteiger partial charge in [0.2, 0.25) is 0 Å². The molecule has 4 nitrogen and oxygen atoms in total. The van der Waals surface area contributed by atoms with Crippen LogP contribution in [0.1, 0.15) is 447 Å². The van der Waals surface area contributed by atoms with Crippen LogP contribution in [0.25, 0.3) is 50.4 Å². The summed E-state index contributed by atoms with van der Waals surface area (Å²) in [7, 11) is 0. The van der Waals surface area contributed by atoms with Gasteiger partial charge in [-0.15, -0.1) is 68.0 Å². The highest BCUT2D eigenvalue weighted by Gasteiger charge is 2.50. The molecule has 112 heavy (non-hydrogen) atoms. The van der Waals surface area contributed by atoms with Crippen LogP contribution in [0.4, 0.5) is 0 Å². The van der Waals surface area contributed by atoms with Crippen molar-refractivity contribution in [3.8, 4) is 39.0 Å². The van der Waals surface area contributed by atoms with Crippen LogP contribution in [0.3, 0.4) is 0 Å². The number of carbonyl (C=O) groups excluding carboxylic acids is 2. The van der Waals surface area contributed by atoms with E-state index in [1.807, 2.05) is 68.0 Å². The summed E-state index contributed by atoms with van der Waals surface area (Å²) in [6.07, 6.45) is 75.9. The van der Waals surface area contributed by atoms with Crippen LogP contribution < -0.4 is 0 Å². The average molecular weight is 1640 g/mol. The van der Waals surface area contributed by atoms with E-state index >= 15 is 9.59 Å². The predicted molar refractivity (Wildman–Crippen MR) is 505 cm³/mol. The van der Waals surface area contributed by atoms with Crippen molar-refractivity contribution in [2.24, 2.45) is 11.8 Å². The molecule has 6 aromatic rings. The van der Waals surface area contributed by atoms with Gasteiger partial charge in [0.1, 0.15) is 0 Å². The summed E-state index contributed by atoms with van der Waals surface area (Å²) in [5.74, 6) is 0.896. The maximum Gasteiger partial charge on any atom is 0.261 e. The minimum absolute atomic E-state index is 0.0956. The lowest BCUT2D eigenvalue weighted by Gasteiger charge is -2.29. The zero-order chi connectivity index (χ0) is 79.0. The lowest BCUT2D eigenvalue weighted by atomic mass is 9.93. The van der Waals surface area contributed by atoms with Crippen LogP contribution >= 0.6 is 68.0 Å². The first-order chi connectivity index (χ1) is 55.2. The molecule has 10 heteroatoms. The molecule has 0 saturated carbocycles. The number of rotatable bonds is 70. The molecule has 0 N–H and O–H groups in total. The highest BCUT2D eigenvalue weighted by Crippen LogP contribution is 2.54. The van der Waals surface area contributed by atoms with Gasteiger partial charge in [0, 0.05) is 52.1 Å². The Labute approximate surface area is 711 Å². The predicted octanol–water partition coefficient (Wildman–Crippen LogP) is 35.9. The summed E-state index contributed by atoms with van der Waals surface area (Å²) in [5, 5.41) is 4.65. The Kier molecular flexibility index (Phi) is 47.8. The highest BCUT2D eigenvalue weighted by atomic mass is 32.1. The van der Waals surface area contributed by atoms with Gasteiger partial charge in [-0.1, -0.05) is 364 Å². The lowest BCUT2D eigenvalue weighted by Crippen LogP contribution is -2.34. The van der Waals surface area contributed by atoms with Gasteiger partial charge in [-0.05, 0) is 170 Å². The Hall–Kier alpha value is -3.38. The second kappa shape index (κ2) is 56.9. The Morgan fingerprint density at radius 3 is 0.750 bits per heavy atom. The van der Waals surface area contributed by atoms with Gasteiger partial charge in [-0.2, -0.15) is 0 Å². The molecule has 2 atom stereocenters. The summed E-state index contributed by atoms with van der Waals surface area (Å²) < 4.78 is 0. The first kappa shape index (κ1) is 94.1. The Bertz CT molecular complexity index is 3310. The molecule has 0 radical (unpaired) electrons. The second-order valence-electron chi connectivity index (χ2n) is 34.5. The van der Waals surface area contributed by atoms with Gasteiger partial charge >= 0.3 is 0 Å². The molecule has 0 fully saturated rings.